The van der Waals surface area contributed by atoms with Crippen molar-refractivity contribution in [2.45, 2.75) is 31.8 Å². The average Bonchev–Trinajstić information content (AvgIpc) is 2.86. The molecule has 0 heterocycles. The Balaban J connectivity index is 1.79. The summed E-state index contributed by atoms with van der Waals surface area (Å²) in [5.41, 5.74) is 1.54. The molecule has 0 aliphatic heterocycles. The van der Waals surface area contributed by atoms with Crippen molar-refractivity contribution in [2.24, 2.45) is 0 Å². The highest BCUT2D eigenvalue weighted by Gasteiger charge is 2.30. The van der Waals surface area contributed by atoms with Crippen molar-refractivity contribution in [3.8, 4) is 5.75 Å². The van der Waals surface area contributed by atoms with Crippen molar-refractivity contribution in [2.75, 3.05) is 13.7 Å². The predicted molar refractivity (Wildman–Crippen MR) is 141 cm³/mol. The molecule has 5 nitrogen and oxygen atoms in total. The Kier molecular flexibility index (Phi) is 10.3. The molecule has 0 fully saturated rings. The second-order valence-corrected chi connectivity index (χ2v) is 9.20. The third-order valence-corrected chi connectivity index (χ3v) is 6.49. The fourth-order valence-electron chi connectivity index (χ4n) is 3.66. The zero-order chi connectivity index (χ0) is 25.2. The summed E-state index contributed by atoms with van der Waals surface area (Å²) < 4.78 is 5.72. The van der Waals surface area contributed by atoms with E-state index in [1.165, 1.54) is 0 Å². The first-order valence-electron chi connectivity index (χ1n) is 11.2. The molecule has 8 heteroatoms. The van der Waals surface area contributed by atoms with Gasteiger partial charge in [0.1, 0.15) is 11.8 Å². The zero-order valence-corrected chi connectivity index (χ0v) is 21.6. The average molecular weight is 534 g/mol. The van der Waals surface area contributed by atoms with Gasteiger partial charge in [0.2, 0.25) is 11.8 Å². The number of nitrogens with zero attached hydrogens (tertiary/aromatic N) is 1. The highest BCUT2D eigenvalue weighted by molar-refractivity contribution is 6.36. The van der Waals surface area contributed by atoms with Crippen LogP contribution in [-0.4, -0.2) is 36.4 Å². The largest absolute Gasteiger partial charge is 0.494 e. The van der Waals surface area contributed by atoms with Crippen LogP contribution in [0, 0.1) is 0 Å². The number of carbonyl (C=O) groups excluding carboxylic acids is 2. The van der Waals surface area contributed by atoms with Crippen LogP contribution in [0.1, 0.15) is 24.0 Å². The molecule has 3 aromatic carbocycles. The van der Waals surface area contributed by atoms with Crippen LogP contribution in [0.15, 0.2) is 72.8 Å². The maximum Gasteiger partial charge on any atom is 0.242 e. The quantitative estimate of drug-likeness (QED) is 0.299. The van der Waals surface area contributed by atoms with Crippen LogP contribution in [0.3, 0.4) is 0 Å². The maximum atomic E-state index is 13.5. The molecule has 1 unspecified atom stereocenters. The van der Waals surface area contributed by atoms with Crippen molar-refractivity contribution >= 4 is 46.6 Å². The number of halogens is 3. The number of carbonyl (C=O) groups is 2. The fraction of sp³-hybridized carbons (Fsp3) is 0.259. The SMILES string of the molecule is CNC(=O)C(Cc1ccccc1)N(Cc1c(Cl)cccc1Cl)C(=O)CCCOc1ccc(Cl)cc1. The number of nitrogens with one attached hydrogen (secondary N) is 1. The van der Waals surface area contributed by atoms with Gasteiger partial charge in [0.05, 0.1) is 6.61 Å². The number of rotatable bonds is 11. The van der Waals surface area contributed by atoms with Gasteiger partial charge in [0.15, 0.2) is 0 Å². The van der Waals surface area contributed by atoms with Crippen LogP contribution in [0.2, 0.25) is 15.1 Å². The number of ether oxygens (including phenoxy) is 1. The second kappa shape index (κ2) is 13.4. The van der Waals surface area contributed by atoms with E-state index < -0.39 is 6.04 Å². The first-order valence-corrected chi connectivity index (χ1v) is 12.4. The normalized spacial score (nSPS) is 11.5. The molecule has 0 saturated carbocycles. The number of benzene rings is 3. The standard InChI is InChI=1S/C27H27Cl3N2O3/c1-31-27(34)25(17-19-7-3-2-4-8-19)32(18-22-23(29)9-5-10-24(22)30)26(33)11-6-16-35-21-14-12-20(28)13-15-21/h2-5,7-10,12-15,25H,6,11,16-18H2,1H3,(H,31,34). The van der Waals surface area contributed by atoms with Gasteiger partial charge in [-0.2, -0.15) is 0 Å². The van der Waals surface area contributed by atoms with Crippen molar-refractivity contribution in [3.05, 3.63) is 99.0 Å². The molecule has 184 valence electrons. The first kappa shape index (κ1) is 26.9. The zero-order valence-electron chi connectivity index (χ0n) is 19.3. The maximum absolute atomic E-state index is 13.5. The molecule has 0 aromatic heterocycles. The Hall–Kier alpha value is -2.73. The summed E-state index contributed by atoms with van der Waals surface area (Å²) in [5.74, 6) is 0.224. The number of amides is 2. The predicted octanol–water partition coefficient (Wildman–Crippen LogP) is 6.19. The van der Waals surface area contributed by atoms with Gasteiger partial charge in [0, 0.05) is 47.1 Å². The highest BCUT2D eigenvalue weighted by Crippen LogP contribution is 2.27. The molecule has 0 saturated heterocycles. The summed E-state index contributed by atoms with van der Waals surface area (Å²) in [6.07, 6.45) is 1.02. The highest BCUT2D eigenvalue weighted by atomic mass is 35.5. The van der Waals surface area contributed by atoms with E-state index in [-0.39, 0.29) is 24.8 Å². The van der Waals surface area contributed by atoms with Gasteiger partial charge in [-0.25, -0.2) is 0 Å². The lowest BCUT2D eigenvalue weighted by Crippen LogP contribution is -2.49. The third kappa shape index (κ3) is 7.89. The third-order valence-electron chi connectivity index (χ3n) is 5.52. The molecular formula is C27H27Cl3N2O3. The molecule has 1 N–H and O–H groups in total. The molecule has 0 radical (unpaired) electrons. The van der Waals surface area contributed by atoms with Gasteiger partial charge < -0.3 is 15.0 Å². The monoisotopic (exact) mass is 532 g/mol. The van der Waals surface area contributed by atoms with E-state index >= 15 is 0 Å². The van der Waals surface area contributed by atoms with E-state index in [0.717, 1.165) is 5.56 Å². The Morgan fingerprint density at radius 2 is 1.57 bits per heavy atom. The van der Waals surface area contributed by atoms with Crippen LogP contribution >= 0.6 is 34.8 Å². The molecular weight excluding hydrogens is 507 g/mol. The minimum atomic E-state index is -0.737. The lowest BCUT2D eigenvalue weighted by molar-refractivity contribution is -0.141. The van der Waals surface area contributed by atoms with Crippen molar-refractivity contribution in [3.63, 3.8) is 0 Å². The Morgan fingerprint density at radius 3 is 2.20 bits per heavy atom. The van der Waals surface area contributed by atoms with Gasteiger partial charge in [-0.1, -0.05) is 71.2 Å². The molecule has 0 aliphatic carbocycles. The summed E-state index contributed by atoms with van der Waals surface area (Å²) in [5, 5.41) is 4.20. The molecule has 0 spiro atoms. The van der Waals surface area contributed by atoms with Crippen LogP contribution < -0.4 is 10.1 Å². The van der Waals surface area contributed by atoms with Gasteiger partial charge in [-0.3, -0.25) is 9.59 Å². The van der Waals surface area contributed by atoms with Crippen LogP contribution in [0.4, 0.5) is 0 Å². The molecule has 0 aliphatic rings. The molecule has 2 amide bonds. The smallest absolute Gasteiger partial charge is 0.242 e. The van der Waals surface area contributed by atoms with Gasteiger partial charge in [-0.15, -0.1) is 0 Å². The van der Waals surface area contributed by atoms with E-state index in [1.54, 1.807) is 54.4 Å². The van der Waals surface area contributed by atoms with Crippen molar-refractivity contribution < 1.29 is 14.3 Å². The molecule has 3 rings (SSSR count). The van der Waals surface area contributed by atoms with Gasteiger partial charge in [0.25, 0.3) is 0 Å². The molecule has 1 atom stereocenters. The molecule has 35 heavy (non-hydrogen) atoms. The Labute approximate surface area is 220 Å². The first-order chi connectivity index (χ1) is 16.9. The minimum absolute atomic E-state index is 0.111. The Bertz CT molecular complexity index is 1100. The topological polar surface area (TPSA) is 58.6 Å². The second-order valence-electron chi connectivity index (χ2n) is 7.95. The van der Waals surface area contributed by atoms with Gasteiger partial charge in [-0.05, 0) is 48.4 Å². The van der Waals surface area contributed by atoms with E-state index in [0.29, 0.717) is 45.8 Å². The minimum Gasteiger partial charge on any atom is -0.494 e. The van der Waals surface area contributed by atoms with Crippen LogP contribution in [-0.2, 0) is 22.6 Å². The lowest BCUT2D eigenvalue weighted by atomic mass is 10.0. The van der Waals surface area contributed by atoms with E-state index in [4.69, 9.17) is 39.5 Å². The number of hydrogen-bond acceptors (Lipinski definition) is 3. The lowest BCUT2D eigenvalue weighted by Gasteiger charge is -2.31. The van der Waals surface area contributed by atoms with Crippen molar-refractivity contribution in [1.29, 1.82) is 0 Å². The summed E-state index contributed by atoms with van der Waals surface area (Å²) in [6, 6.07) is 21.1. The van der Waals surface area contributed by atoms with Gasteiger partial charge >= 0.3 is 0 Å². The van der Waals surface area contributed by atoms with Crippen molar-refractivity contribution in [1.82, 2.24) is 10.2 Å². The van der Waals surface area contributed by atoms with E-state index in [1.807, 2.05) is 30.3 Å². The van der Waals surface area contributed by atoms with E-state index in [2.05, 4.69) is 5.32 Å². The summed E-state index contributed by atoms with van der Waals surface area (Å²) in [7, 11) is 1.56. The Morgan fingerprint density at radius 1 is 0.914 bits per heavy atom. The molecule has 3 aromatic rings. The van der Waals surface area contributed by atoms with Crippen LogP contribution in [0.5, 0.6) is 5.75 Å². The number of likely N-dealkylation sites (N-methyl/N-ethyl adjacent to an activating group) is 1. The number of hydrogen-bond donors (Lipinski definition) is 1. The summed E-state index contributed by atoms with van der Waals surface area (Å²) in [4.78, 5) is 28.0. The van der Waals surface area contributed by atoms with Crippen LogP contribution in [0.25, 0.3) is 0 Å². The fourth-order valence-corrected chi connectivity index (χ4v) is 4.31. The summed E-state index contributed by atoms with van der Waals surface area (Å²) >= 11 is 18.7. The van der Waals surface area contributed by atoms with E-state index in [9.17, 15) is 9.59 Å². The molecule has 0 bridgehead atoms. The summed E-state index contributed by atoms with van der Waals surface area (Å²) in [6.45, 7) is 0.456.